The van der Waals surface area contributed by atoms with Crippen molar-refractivity contribution in [3.8, 4) is 11.5 Å². The van der Waals surface area contributed by atoms with Crippen molar-refractivity contribution in [1.82, 2.24) is 5.32 Å². The molecule has 3 rings (SSSR count). The van der Waals surface area contributed by atoms with Gasteiger partial charge >= 0.3 is 0 Å². The van der Waals surface area contributed by atoms with Gasteiger partial charge in [-0.2, -0.15) is 0 Å². The summed E-state index contributed by atoms with van der Waals surface area (Å²) < 4.78 is 5.85. The highest BCUT2D eigenvalue weighted by atomic mass is 16.5. The van der Waals surface area contributed by atoms with Crippen molar-refractivity contribution in [3.05, 3.63) is 84.5 Å². The number of nitrogens with two attached hydrogens (primary N) is 1. The maximum Gasteiger partial charge on any atom is 0.250 e. The van der Waals surface area contributed by atoms with E-state index < -0.39 is 5.91 Å². The lowest BCUT2D eigenvalue weighted by atomic mass is 9.97. The zero-order valence-corrected chi connectivity index (χ0v) is 16.5. The number of hydrogen-bond donors (Lipinski definition) is 2. The van der Waals surface area contributed by atoms with Crippen LogP contribution in [0.5, 0.6) is 11.5 Å². The van der Waals surface area contributed by atoms with Gasteiger partial charge in [-0.3, -0.25) is 9.79 Å². The predicted octanol–water partition coefficient (Wildman–Crippen LogP) is 3.87. The average molecular weight is 389 g/mol. The largest absolute Gasteiger partial charge is 0.457 e. The normalized spacial score (nSPS) is 15.7. The molecule has 0 radical (unpaired) electrons. The first-order chi connectivity index (χ1) is 14.2. The van der Waals surface area contributed by atoms with Crippen LogP contribution in [0.4, 0.5) is 0 Å². The Morgan fingerprint density at radius 2 is 1.76 bits per heavy atom. The number of hydrogen-bond acceptors (Lipinski definition) is 4. The Hall–Kier alpha value is -3.18. The number of rotatable bonds is 8. The van der Waals surface area contributed by atoms with E-state index >= 15 is 0 Å². The SMILES string of the molecule is C=C/C=C(/C(N)=O)C(=NCC1CCNCC1)c1ccc(Oc2ccccc2)cc1. The minimum atomic E-state index is -0.515. The summed E-state index contributed by atoms with van der Waals surface area (Å²) in [6.07, 6.45) is 5.35. The zero-order chi connectivity index (χ0) is 20.5. The molecule has 0 aromatic heterocycles. The van der Waals surface area contributed by atoms with Gasteiger partial charge in [0.25, 0.3) is 5.91 Å². The maximum atomic E-state index is 12.1. The second kappa shape index (κ2) is 10.4. The zero-order valence-electron chi connectivity index (χ0n) is 16.5. The summed E-state index contributed by atoms with van der Waals surface area (Å²) >= 11 is 0. The Bertz CT molecular complexity index is 880. The molecule has 5 nitrogen and oxygen atoms in total. The third-order valence-electron chi connectivity index (χ3n) is 4.88. The molecule has 0 spiro atoms. The molecule has 2 aromatic carbocycles. The van der Waals surface area contributed by atoms with Gasteiger partial charge in [0, 0.05) is 12.1 Å². The van der Waals surface area contributed by atoms with Gasteiger partial charge < -0.3 is 15.8 Å². The standard InChI is InChI=1S/C24H27N3O2/c1-2-6-22(24(25)28)23(27-17-18-13-15-26-16-14-18)19-9-11-21(12-10-19)29-20-7-4-3-5-8-20/h2-12,18,26H,1,13-17H2,(H2,25,28)/b22-6+,27-23?. The van der Waals surface area contributed by atoms with Crippen molar-refractivity contribution >= 4 is 11.6 Å². The molecule has 29 heavy (non-hydrogen) atoms. The van der Waals surface area contributed by atoms with E-state index in [1.807, 2.05) is 54.6 Å². The number of ether oxygens (including phenoxy) is 1. The minimum absolute atomic E-state index is 0.366. The highest BCUT2D eigenvalue weighted by Crippen LogP contribution is 2.23. The van der Waals surface area contributed by atoms with Gasteiger partial charge in [-0.25, -0.2) is 0 Å². The summed E-state index contributed by atoms with van der Waals surface area (Å²) in [5.41, 5.74) is 7.42. The molecule has 2 aromatic rings. The molecule has 0 bridgehead atoms. The third-order valence-corrected chi connectivity index (χ3v) is 4.88. The molecular weight excluding hydrogens is 362 g/mol. The van der Waals surface area contributed by atoms with Crippen LogP contribution < -0.4 is 15.8 Å². The number of piperidine rings is 1. The van der Waals surface area contributed by atoms with E-state index in [2.05, 4.69) is 11.9 Å². The monoisotopic (exact) mass is 389 g/mol. The third kappa shape index (κ3) is 5.90. The minimum Gasteiger partial charge on any atom is -0.457 e. The number of primary amides is 1. The van der Waals surface area contributed by atoms with Crippen LogP contribution in [0.1, 0.15) is 18.4 Å². The van der Waals surface area contributed by atoms with Crippen molar-refractivity contribution in [2.75, 3.05) is 19.6 Å². The van der Waals surface area contributed by atoms with Crippen LogP contribution in [-0.4, -0.2) is 31.3 Å². The van der Waals surface area contributed by atoms with Crippen molar-refractivity contribution in [3.63, 3.8) is 0 Å². The van der Waals surface area contributed by atoms with Gasteiger partial charge in [0.2, 0.25) is 0 Å². The number of amides is 1. The number of carbonyl (C=O) groups excluding carboxylic acids is 1. The summed E-state index contributed by atoms with van der Waals surface area (Å²) in [5.74, 6) is 1.47. The van der Waals surface area contributed by atoms with E-state index in [0.717, 1.165) is 37.2 Å². The first-order valence-electron chi connectivity index (χ1n) is 9.89. The van der Waals surface area contributed by atoms with Crippen LogP contribution in [0, 0.1) is 5.92 Å². The Labute approximate surface area is 172 Å². The number of allylic oxidation sites excluding steroid dienone is 2. The predicted molar refractivity (Wildman–Crippen MR) is 117 cm³/mol. The molecule has 5 heteroatoms. The number of aliphatic imine (C=N–C) groups is 1. The molecule has 150 valence electrons. The van der Waals surface area contributed by atoms with Crippen LogP contribution >= 0.6 is 0 Å². The molecule has 0 atom stereocenters. The molecule has 1 amide bonds. The van der Waals surface area contributed by atoms with E-state index in [1.54, 1.807) is 12.2 Å². The van der Waals surface area contributed by atoms with Crippen molar-refractivity contribution in [2.45, 2.75) is 12.8 Å². The fourth-order valence-corrected chi connectivity index (χ4v) is 3.32. The van der Waals surface area contributed by atoms with Crippen LogP contribution in [0.25, 0.3) is 0 Å². The lowest BCUT2D eigenvalue weighted by molar-refractivity contribution is -0.114. The van der Waals surface area contributed by atoms with Crippen LogP contribution in [0.3, 0.4) is 0 Å². The van der Waals surface area contributed by atoms with Gasteiger partial charge in [-0.15, -0.1) is 0 Å². The number of para-hydroxylation sites is 1. The number of nitrogens with one attached hydrogen (secondary N) is 1. The van der Waals surface area contributed by atoms with E-state index in [-0.39, 0.29) is 0 Å². The van der Waals surface area contributed by atoms with E-state index in [0.29, 0.717) is 29.5 Å². The van der Waals surface area contributed by atoms with Crippen LogP contribution in [0.2, 0.25) is 0 Å². The summed E-state index contributed by atoms with van der Waals surface area (Å²) in [6, 6.07) is 17.1. The van der Waals surface area contributed by atoms with E-state index in [4.69, 9.17) is 15.5 Å². The first-order valence-corrected chi connectivity index (χ1v) is 9.89. The van der Waals surface area contributed by atoms with Gasteiger partial charge in [-0.1, -0.05) is 30.9 Å². The topological polar surface area (TPSA) is 76.7 Å². The molecule has 0 saturated carbocycles. The van der Waals surface area contributed by atoms with Crippen molar-refractivity contribution < 1.29 is 9.53 Å². The lowest BCUT2D eigenvalue weighted by Gasteiger charge is -2.21. The Morgan fingerprint density at radius 1 is 1.10 bits per heavy atom. The molecule has 0 aliphatic carbocycles. The summed E-state index contributed by atoms with van der Waals surface area (Å²) in [5, 5.41) is 3.36. The highest BCUT2D eigenvalue weighted by molar-refractivity contribution is 6.27. The average Bonchev–Trinajstić information content (AvgIpc) is 2.75. The quantitative estimate of drug-likeness (QED) is 0.409. The lowest BCUT2D eigenvalue weighted by Crippen LogP contribution is -2.29. The molecule has 1 heterocycles. The molecule has 1 fully saturated rings. The van der Waals surface area contributed by atoms with Gasteiger partial charge in [0.1, 0.15) is 11.5 Å². The Morgan fingerprint density at radius 3 is 2.38 bits per heavy atom. The molecule has 1 aliphatic rings. The fourth-order valence-electron chi connectivity index (χ4n) is 3.32. The van der Waals surface area contributed by atoms with Crippen LogP contribution in [0.15, 0.2) is 83.9 Å². The smallest absolute Gasteiger partial charge is 0.250 e. The fraction of sp³-hybridized carbons (Fsp3) is 0.250. The number of carbonyl (C=O) groups is 1. The molecular formula is C24H27N3O2. The maximum absolute atomic E-state index is 12.1. The number of nitrogens with zero attached hydrogens (tertiary/aromatic N) is 1. The second-order valence-corrected chi connectivity index (χ2v) is 7.00. The highest BCUT2D eigenvalue weighted by Gasteiger charge is 2.17. The molecule has 0 unspecified atom stereocenters. The first kappa shape index (κ1) is 20.6. The molecule has 3 N–H and O–H groups in total. The summed E-state index contributed by atoms with van der Waals surface area (Å²) in [6.45, 7) is 6.38. The van der Waals surface area contributed by atoms with Gasteiger partial charge in [0.15, 0.2) is 0 Å². The van der Waals surface area contributed by atoms with Crippen LogP contribution in [-0.2, 0) is 4.79 Å². The van der Waals surface area contributed by atoms with Crippen molar-refractivity contribution in [1.29, 1.82) is 0 Å². The van der Waals surface area contributed by atoms with Gasteiger partial charge in [0.05, 0.1) is 11.3 Å². The molecule has 1 saturated heterocycles. The van der Waals surface area contributed by atoms with E-state index in [9.17, 15) is 4.79 Å². The Balaban J connectivity index is 1.85. The summed E-state index contributed by atoms with van der Waals surface area (Å²) in [7, 11) is 0. The number of benzene rings is 2. The van der Waals surface area contributed by atoms with Crippen molar-refractivity contribution in [2.24, 2.45) is 16.6 Å². The Kier molecular flexibility index (Phi) is 7.36. The molecule has 1 aliphatic heterocycles. The van der Waals surface area contributed by atoms with E-state index in [1.165, 1.54) is 0 Å². The second-order valence-electron chi connectivity index (χ2n) is 7.00. The van der Waals surface area contributed by atoms with Gasteiger partial charge in [-0.05, 0) is 74.3 Å². The summed E-state index contributed by atoms with van der Waals surface area (Å²) in [4.78, 5) is 16.9.